The maximum atomic E-state index is 14.2. The van der Waals surface area contributed by atoms with Crippen molar-refractivity contribution < 1.29 is 13.6 Å². The Bertz CT molecular complexity index is 861. The van der Waals surface area contributed by atoms with Gasteiger partial charge in [0.2, 0.25) is 0 Å². The Kier molecular flexibility index (Phi) is 5.41. The second-order valence-electron chi connectivity index (χ2n) is 5.45. The van der Waals surface area contributed by atoms with Crippen LogP contribution in [0, 0.1) is 5.82 Å². The van der Waals surface area contributed by atoms with Crippen molar-refractivity contribution in [2.75, 3.05) is 0 Å². The molecule has 3 nitrogen and oxygen atoms in total. The monoisotopic (exact) mass is 377 g/mol. The Morgan fingerprint density at radius 1 is 1.04 bits per heavy atom. The molecule has 0 atom stereocenters. The van der Waals surface area contributed by atoms with Gasteiger partial charge in [-0.15, -0.1) is 0 Å². The molecule has 0 bridgehead atoms. The summed E-state index contributed by atoms with van der Waals surface area (Å²) in [7, 11) is 0. The number of carbonyl (C=O) groups excluding carboxylic acids is 1. The molecule has 0 unspecified atom stereocenters. The van der Waals surface area contributed by atoms with E-state index < -0.39 is 5.82 Å². The molecule has 1 heterocycles. The molecule has 0 N–H and O–H groups in total. The number of nitrogens with zero attached hydrogens (tertiary/aromatic N) is 1. The zero-order valence-electron chi connectivity index (χ0n) is 13.1. The molecule has 3 aromatic rings. The van der Waals surface area contributed by atoms with Gasteiger partial charge in [-0.05, 0) is 42.5 Å². The number of hydrogen-bond acceptors (Lipinski definition) is 2. The van der Waals surface area contributed by atoms with Crippen LogP contribution in [0.5, 0.6) is 0 Å². The number of hydrogen-bond donors (Lipinski definition) is 0. The molecule has 0 saturated heterocycles. The summed E-state index contributed by atoms with van der Waals surface area (Å²) in [5, 5.41) is 0.719. The summed E-state index contributed by atoms with van der Waals surface area (Å²) in [6.45, 7) is 0.195. The summed E-state index contributed by atoms with van der Waals surface area (Å²) >= 11 is 12.1. The van der Waals surface area contributed by atoms with Gasteiger partial charge in [-0.2, -0.15) is 0 Å². The zero-order valence-corrected chi connectivity index (χ0v) is 14.6. The van der Waals surface area contributed by atoms with E-state index in [1.807, 2.05) is 0 Å². The lowest BCUT2D eigenvalue weighted by Crippen LogP contribution is -2.30. The normalized spacial score (nSPS) is 10.7. The van der Waals surface area contributed by atoms with Crippen molar-refractivity contribution in [3.63, 3.8) is 0 Å². The van der Waals surface area contributed by atoms with Crippen molar-refractivity contribution in [3.8, 4) is 0 Å². The lowest BCUT2D eigenvalue weighted by molar-refractivity contribution is 0.0716. The Labute approximate surface area is 154 Å². The van der Waals surface area contributed by atoms with E-state index in [-0.39, 0.29) is 29.6 Å². The first-order valence-electron chi connectivity index (χ1n) is 7.54. The molecule has 2 aromatic carbocycles. The van der Waals surface area contributed by atoms with Crippen molar-refractivity contribution in [2.45, 2.75) is 13.1 Å². The molecule has 0 spiro atoms. The first-order valence-corrected chi connectivity index (χ1v) is 8.30. The maximum absolute atomic E-state index is 14.2. The molecule has 0 saturated carbocycles. The van der Waals surface area contributed by atoms with Gasteiger partial charge < -0.3 is 9.32 Å². The maximum Gasteiger partial charge on any atom is 0.254 e. The fourth-order valence-corrected chi connectivity index (χ4v) is 2.88. The summed E-state index contributed by atoms with van der Waals surface area (Å²) in [5.41, 5.74) is 0.664. The molecule has 0 radical (unpaired) electrons. The largest absolute Gasteiger partial charge is 0.467 e. The van der Waals surface area contributed by atoms with Crippen LogP contribution in [-0.4, -0.2) is 10.8 Å². The Hall–Kier alpha value is -2.30. The quantitative estimate of drug-likeness (QED) is 0.582. The second kappa shape index (κ2) is 7.72. The minimum atomic E-state index is -0.462. The first kappa shape index (κ1) is 17.5. The van der Waals surface area contributed by atoms with E-state index >= 15 is 0 Å². The number of furan rings is 1. The van der Waals surface area contributed by atoms with Crippen molar-refractivity contribution in [3.05, 3.63) is 93.6 Å². The molecule has 1 aromatic heterocycles. The Morgan fingerprint density at radius 3 is 2.52 bits per heavy atom. The summed E-state index contributed by atoms with van der Waals surface area (Å²) < 4.78 is 19.5. The summed E-state index contributed by atoms with van der Waals surface area (Å²) in [6.07, 6.45) is 1.52. The van der Waals surface area contributed by atoms with Gasteiger partial charge in [-0.3, -0.25) is 4.79 Å². The van der Waals surface area contributed by atoms with Crippen LogP contribution in [0.15, 0.2) is 65.3 Å². The van der Waals surface area contributed by atoms with Crippen LogP contribution in [0.1, 0.15) is 21.7 Å². The Balaban J connectivity index is 1.93. The van der Waals surface area contributed by atoms with E-state index in [4.69, 9.17) is 27.6 Å². The van der Waals surface area contributed by atoms with Crippen molar-refractivity contribution in [1.82, 2.24) is 4.90 Å². The fraction of sp³-hybridized carbons (Fsp3) is 0.105. The van der Waals surface area contributed by atoms with Crippen LogP contribution in [0.3, 0.4) is 0 Å². The van der Waals surface area contributed by atoms with Crippen molar-refractivity contribution >= 4 is 29.1 Å². The molecular formula is C19H14Cl2FNO2. The third-order valence-electron chi connectivity index (χ3n) is 3.70. The lowest BCUT2D eigenvalue weighted by Gasteiger charge is -2.23. The third kappa shape index (κ3) is 4.21. The van der Waals surface area contributed by atoms with E-state index in [0.717, 1.165) is 0 Å². The van der Waals surface area contributed by atoms with Gasteiger partial charge in [0.05, 0.1) is 19.4 Å². The summed E-state index contributed by atoms with van der Waals surface area (Å²) in [4.78, 5) is 14.4. The molecule has 128 valence electrons. The predicted molar refractivity (Wildman–Crippen MR) is 95.1 cm³/mol. The highest BCUT2D eigenvalue weighted by Gasteiger charge is 2.21. The van der Waals surface area contributed by atoms with Gasteiger partial charge in [0, 0.05) is 21.2 Å². The number of amides is 1. The molecule has 3 rings (SSSR count). The number of carbonyl (C=O) groups is 1. The number of rotatable bonds is 5. The molecule has 0 aliphatic rings. The smallest absolute Gasteiger partial charge is 0.254 e. The third-order valence-corrected chi connectivity index (χ3v) is 4.29. The van der Waals surface area contributed by atoms with Gasteiger partial charge in [0.25, 0.3) is 5.91 Å². The Morgan fingerprint density at radius 2 is 1.84 bits per heavy atom. The highest BCUT2D eigenvalue weighted by Crippen LogP contribution is 2.23. The minimum Gasteiger partial charge on any atom is -0.467 e. The van der Waals surface area contributed by atoms with Crippen LogP contribution >= 0.6 is 23.2 Å². The zero-order chi connectivity index (χ0) is 17.8. The molecular weight excluding hydrogens is 364 g/mol. The topological polar surface area (TPSA) is 33.5 Å². The average molecular weight is 378 g/mol. The van der Waals surface area contributed by atoms with Crippen LogP contribution in [0.4, 0.5) is 4.39 Å². The van der Waals surface area contributed by atoms with E-state index in [2.05, 4.69) is 0 Å². The molecule has 0 aliphatic carbocycles. The van der Waals surface area contributed by atoms with Crippen LogP contribution in [0.25, 0.3) is 0 Å². The predicted octanol–water partition coefficient (Wildman–Crippen LogP) is 5.57. The average Bonchev–Trinajstić information content (AvgIpc) is 3.09. The SMILES string of the molecule is O=C(c1cccc(Cl)c1)N(Cc1ccco1)Cc1c(F)cccc1Cl. The van der Waals surface area contributed by atoms with E-state index in [0.29, 0.717) is 16.3 Å². The number of halogens is 3. The fourth-order valence-electron chi connectivity index (χ4n) is 2.47. The van der Waals surface area contributed by atoms with Gasteiger partial charge in [0.1, 0.15) is 11.6 Å². The van der Waals surface area contributed by atoms with Crippen molar-refractivity contribution in [1.29, 1.82) is 0 Å². The van der Waals surface area contributed by atoms with Crippen LogP contribution < -0.4 is 0 Å². The van der Waals surface area contributed by atoms with E-state index in [1.54, 1.807) is 42.5 Å². The highest BCUT2D eigenvalue weighted by molar-refractivity contribution is 6.31. The molecule has 25 heavy (non-hydrogen) atoms. The molecule has 0 aliphatic heterocycles. The standard InChI is InChI=1S/C19H14Cl2FNO2/c20-14-5-1-4-13(10-14)19(24)23(11-15-6-3-9-25-15)12-16-17(21)7-2-8-18(16)22/h1-10H,11-12H2. The van der Waals surface area contributed by atoms with Crippen LogP contribution in [-0.2, 0) is 13.1 Å². The summed E-state index contributed by atoms with van der Waals surface area (Å²) in [6, 6.07) is 14.5. The van der Waals surface area contributed by atoms with Crippen molar-refractivity contribution in [2.24, 2.45) is 0 Å². The van der Waals surface area contributed by atoms with Crippen LogP contribution in [0.2, 0.25) is 10.0 Å². The first-order chi connectivity index (χ1) is 12.0. The van der Waals surface area contributed by atoms with E-state index in [9.17, 15) is 9.18 Å². The van der Waals surface area contributed by atoms with Gasteiger partial charge in [-0.25, -0.2) is 4.39 Å². The highest BCUT2D eigenvalue weighted by atomic mass is 35.5. The molecule has 1 amide bonds. The number of benzene rings is 2. The van der Waals surface area contributed by atoms with Gasteiger partial charge in [-0.1, -0.05) is 35.3 Å². The summed E-state index contributed by atoms with van der Waals surface area (Å²) in [5.74, 6) is -0.170. The van der Waals surface area contributed by atoms with E-state index in [1.165, 1.54) is 23.3 Å². The lowest BCUT2D eigenvalue weighted by atomic mass is 10.1. The molecule has 0 fully saturated rings. The molecule has 6 heteroatoms. The van der Waals surface area contributed by atoms with Gasteiger partial charge >= 0.3 is 0 Å². The second-order valence-corrected chi connectivity index (χ2v) is 6.29. The van der Waals surface area contributed by atoms with Gasteiger partial charge in [0.15, 0.2) is 0 Å². The minimum absolute atomic E-state index is 0.0115.